The van der Waals surface area contributed by atoms with Crippen LogP contribution < -0.4 is 5.32 Å². The van der Waals surface area contributed by atoms with Gasteiger partial charge in [-0.25, -0.2) is 4.79 Å². The first-order chi connectivity index (χ1) is 7.22. The van der Waals surface area contributed by atoms with Gasteiger partial charge in [0.1, 0.15) is 0 Å². The van der Waals surface area contributed by atoms with Gasteiger partial charge in [-0.15, -0.1) is 0 Å². The summed E-state index contributed by atoms with van der Waals surface area (Å²) in [6.45, 7) is 2.14. The van der Waals surface area contributed by atoms with Crippen molar-refractivity contribution in [3.05, 3.63) is 41.6 Å². The van der Waals surface area contributed by atoms with Gasteiger partial charge in [0.2, 0.25) is 0 Å². The lowest BCUT2D eigenvalue weighted by Crippen LogP contribution is -2.00. The van der Waals surface area contributed by atoms with E-state index in [-0.39, 0.29) is 5.97 Å². The molecule has 0 aliphatic rings. The van der Waals surface area contributed by atoms with Crippen LogP contribution in [0.15, 0.2) is 36.5 Å². The van der Waals surface area contributed by atoms with Gasteiger partial charge in [0, 0.05) is 23.0 Å². The lowest BCUT2D eigenvalue weighted by Gasteiger charge is -2.00. The highest BCUT2D eigenvalue weighted by molar-refractivity contribution is 6.30. The molecule has 1 aromatic carbocycles. The molecule has 0 saturated carbocycles. The third kappa shape index (κ3) is 4.51. The van der Waals surface area contributed by atoms with Gasteiger partial charge in [-0.3, -0.25) is 0 Å². The molecule has 1 rings (SSSR count). The highest BCUT2D eigenvalue weighted by Gasteiger charge is 1.93. The molecule has 1 N–H and O–H groups in total. The molecule has 0 aliphatic heterocycles. The molecule has 3 nitrogen and oxygen atoms in total. The van der Waals surface area contributed by atoms with E-state index in [1.807, 2.05) is 12.1 Å². The Balaban J connectivity index is 2.46. The van der Waals surface area contributed by atoms with Gasteiger partial charge in [0.05, 0.1) is 6.61 Å². The topological polar surface area (TPSA) is 38.3 Å². The summed E-state index contributed by atoms with van der Waals surface area (Å²) >= 11 is 5.78. The zero-order valence-corrected chi connectivity index (χ0v) is 9.12. The monoisotopic (exact) mass is 225 g/mol. The summed E-state index contributed by atoms with van der Waals surface area (Å²) in [4.78, 5) is 10.9. The van der Waals surface area contributed by atoms with E-state index < -0.39 is 0 Å². The van der Waals surface area contributed by atoms with Gasteiger partial charge in [-0.05, 0) is 25.1 Å². The maximum Gasteiger partial charge on any atom is 0.332 e. The molecule has 0 atom stereocenters. The van der Waals surface area contributed by atoms with Crippen molar-refractivity contribution in [1.82, 2.24) is 0 Å². The van der Waals surface area contributed by atoms with Crippen LogP contribution in [0.25, 0.3) is 0 Å². The van der Waals surface area contributed by atoms with Crippen LogP contribution in [0.2, 0.25) is 5.02 Å². The van der Waals surface area contributed by atoms with E-state index in [9.17, 15) is 4.79 Å². The third-order valence-corrected chi connectivity index (χ3v) is 1.82. The lowest BCUT2D eigenvalue weighted by molar-refractivity contribution is -0.137. The van der Waals surface area contributed by atoms with Crippen molar-refractivity contribution in [3.63, 3.8) is 0 Å². The molecule has 0 heterocycles. The normalized spacial score (nSPS) is 10.3. The van der Waals surface area contributed by atoms with Crippen molar-refractivity contribution < 1.29 is 9.53 Å². The van der Waals surface area contributed by atoms with Crippen molar-refractivity contribution in [2.45, 2.75) is 6.92 Å². The molecular weight excluding hydrogens is 214 g/mol. The van der Waals surface area contributed by atoms with E-state index in [0.29, 0.717) is 11.6 Å². The van der Waals surface area contributed by atoms with E-state index in [2.05, 4.69) is 5.32 Å². The summed E-state index contributed by atoms with van der Waals surface area (Å²) in [6.07, 6.45) is 2.84. The summed E-state index contributed by atoms with van der Waals surface area (Å²) in [5, 5.41) is 3.55. The zero-order chi connectivity index (χ0) is 11.1. The molecule has 4 heteroatoms. The fourth-order valence-electron chi connectivity index (χ4n) is 0.975. The number of rotatable bonds is 4. The summed E-state index contributed by atoms with van der Waals surface area (Å²) in [7, 11) is 0. The second-order valence-electron chi connectivity index (χ2n) is 2.74. The maximum absolute atomic E-state index is 10.9. The molecule has 0 fully saturated rings. The Labute approximate surface area is 93.7 Å². The first-order valence-corrected chi connectivity index (χ1v) is 4.95. The van der Waals surface area contributed by atoms with Crippen LogP contribution in [0.5, 0.6) is 0 Å². The Bertz CT molecular complexity index is 363. The van der Waals surface area contributed by atoms with Crippen molar-refractivity contribution >= 4 is 23.3 Å². The molecule has 0 bridgehead atoms. The van der Waals surface area contributed by atoms with Crippen LogP contribution in [0.1, 0.15) is 6.92 Å². The van der Waals surface area contributed by atoms with Crippen LogP contribution in [-0.2, 0) is 9.53 Å². The SMILES string of the molecule is CCOC(=O)C=CNc1cccc(Cl)c1. The summed E-state index contributed by atoms with van der Waals surface area (Å²) in [5.41, 5.74) is 0.822. The zero-order valence-electron chi connectivity index (χ0n) is 8.37. The average Bonchev–Trinajstić information content (AvgIpc) is 2.18. The predicted molar refractivity (Wildman–Crippen MR) is 60.8 cm³/mol. The van der Waals surface area contributed by atoms with Crippen LogP contribution in [0, 0.1) is 0 Å². The van der Waals surface area contributed by atoms with E-state index in [1.165, 1.54) is 12.3 Å². The first kappa shape index (κ1) is 11.6. The number of nitrogens with one attached hydrogen (secondary N) is 1. The second-order valence-corrected chi connectivity index (χ2v) is 3.18. The number of carbonyl (C=O) groups is 1. The first-order valence-electron chi connectivity index (χ1n) is 4.58. The standard InChI is InChI=1S/C11H12ClNO2/c1-2-15-11(14)6-7-13-10-5-3-4-9(12)8-10/h3-8,13H,2H2,1H3. The number of esters is 1. The molecule has 0 unspecified atom stereocenters. The van der Waals surface area contributed by atoms with E-state index in [4.69, 9.17) is 16.3 Å². The number of hydrogen-bond acceptors (Lipinski definition) is 3. The smallest absolute Gasteiger partial charge is 0.332 e. The molecule has 0 radical (unpaired) electrons. The Morgan fingerprint density at radius 1 is 1.60 bits per heavy atom. The van der Waals surface area contributed by atoms with Crippen LogP contribution in [0.3, 0.4) is 0 Å². The Morgan fingerprint density at radius 3 is 3.07 bits per heavy atom. The second kappa shape index (κ2) is 6.09. The summed E-state index contributed by atoms with van der Waals surface area (Å²) < 4.78 is 4.71. The van der Waals surface area contributed by atoms with Gasteiger partial charge < -0.3 is 10.1 Å². The molecule has 15 heavy (non-hydrogen) atoms. The number of ether oxygens (including phenoxy) is 1. The fraction of sp³-hybridized carbons (Fsp3) is 0.182. The molecule has 0 aliphatic carbocycles. The minimum atomic E-state index is -0.368. The Morgan fingerprint density at radius 2 is 2.40 bits per heavy atom. The largest absolute Gasteiger partial charge is 0.463 e. The third-order valence-electron chi connectivity index (χ3n) is 1.58. The summed E-state index contributed by atoms with van der Waals surface area (Å²) in [5.74, 6) is -0.368. The molecule has 0 spiro atoms. The molecule has 0 saturated heterocycles. The van der Waals surface area contributed by atoms with Gasteiger partial charge in [0.15, 0.2) is 0 Å². The van der Waals surface area contributed by atoms with Crippen molar-refractivity contribution in [2.75, 3.05) is 11.9 Å². The highest BCUT2D eigenvalue weighted by Crippen LogP contribution is 2.14. The number of anilines is 1. The van der Waals surface area contributed by atoms with Crippen LogP contribution >= 0.6 is 11.6 Å². The highest BCUT2D eigenvalue weighted by atomic mass is 35.5. The van der Waals surface area contributed by atoms with E-state index >= 15 is 0 Å². The predicted octanol–water partition coefficient (Wildman–Crippen LogP) is 2.83. The van der Waals surface area contributed by atoms with Crippen LogP contribution in [-0.4, -0.2) is 12.6 Å². The van der Waals surface area contributed by atoms with Gasteiger partial charge >= 0.3 is 5.97 Å². The van der Waals surface area contributed by atoms with E-state index in [0.717, 1.165) is 5.69 Å². The number of hydrogen-bond donors (Lipinski definition) is 1. The van der Waals surface area contributed by atoms with Gasteiger partial charge in [-0.2, -0.15) is 0 Å². The van der Waals surface area contributed by atoms with Crippen molar-refractivity contribution in [2.24, 2.45) is 0 Å². The van der Waals surface area contributed by atoms with Gasteiger partial charge in [0.25, 0.3) is 0 Å². The number of benzene rings is 1. The fourth-order valence-corrected chi connectivity index (χ4v) is 1.16. The molecular formula is C11H12ClNO2. The quantitative estimate of drug-likeness (QED) is 0.633. The minimum absolute atomic E-state index is 0.368. The van der Waals surface area contributed by atoms with Crippen molar-refractivity contribution in [3.8, 4) is 0 Å². The maximum atomic E-state index is 10.9. The Hall–Kier alpha value is -1.48. The molecule has 0 amide bonds. The number of halogens is 1. The van der Waals surface area contributed by atoms with Crippen molar-refractivity contribution in [1.29, 1.82) is 0 Å². The average molecular weight is 226 g/mol. The van der Waals surface area contributed by atoms with Gasteiger partial charge in [-0.1, -0.05) is 17.7 Å². The lowest BCUT2D eigenvalue weighted by atomic mass is 10.3. The molecule has 1 aromatic rings. The van der Waals surface area contributed by atoms with E-state index in [1.54, 1.807) is 19.1 Å². The molecule has 0 aromatic heterocycles. The number of carbonyl (C=O) groups excluding carboxylic acids is 1. The Kier molecular flexibility index (Phi) is 4.71. The summed E-state index contributed by atoms with van der Waals surface area (Å²) in [6, 6.07) is 7.21. The molecule has 80 valence electrons. The minimum Gasteiger partial charge on any atom is -0.463 e. The van der Waals surface area contributed by atoms with Crippen LogP contribution in [0.4, 0.5) is 5.69 Å².